The minimum Gasteiger partial charge on any atom is -0.337 e. The summed E-state index contributed by atoms with van der Waals surface area (Å²) in [7, 11) is 0. The average Bonchev–Trinajstić information content (AvgIpc) is 3.37. The predicted molar refractivity (Wildman–Crippen MR) is 98.3 cm³/mol. The Bertz CT molecular complexity index is 953. The van der Waals surface area contributed by atoms with Crippen LogP contribution in [0, 0.1) is 0 Å². The third-order valence-electron chi connectivity index (χ3n) is 4.64. The number of likely N-dealkylation sites (tertiary alicyclic amines) is 1. The van der Waals surface area contributed by atoms with Crippen molar-refractivity contribution >= 4 is 17.5 Å². The summed E-state index contributed by atoms with van der Waals surface area (Å²) >= 11 is 6.01. The van der Waals surface area contributed by atoms with E-state index in [0.29, 0.717) is 47.5 Å². The molecule has 4 rings (SSSR count). The molecule has 1 atom stereocenters. The van der Waals surface area contributed by atoms with Gasteiger partial charge in [0, 0.05) is 30.1 Å². The van der Waals surface area contributed by atoms with Gasteiger partial charge in [0.25, 0.3) is 11.8 Å². The number of amides is 1. The van der Waals surface area contributed by atoms with E-state index in [0.717, 1.165) is 12.8 Å². The number of carbonyl (C=O) groups excluding carboxylic acids is 1. The van der Waals surface area contributed by atoms with Gasteiger partial charge in [-0.1, -0.05) is 35.0 Å². The van der Waals surface area contributed by atoms with Gasteiger partial charge < -0.3 is 9.42 Å². The molecule has 27 heavy (non-hydrogen) atoms. The monoisotopic (exact) mass is 386 g/mol. The fourth-order valence-corrected chi connectivity index (χ4v) is 3.40. The first-order valence-electron chi connectivity index (χ1n) is 8.93. The fourth-order valence-electron chi connectivity index (χ4n) is 3.21. The molecule has 1 aliphatic heterocycles. The van der Waals surface area contributed by atoms with Crippen molar-refractivity contribution in [3.8, 4) is 11.6 Å². The summed E-state index contributed by atoms with van der Waals surface area (Å²) in [6, 6.07) is 7.08. The van der Waals surface area contributed by atoms with Gasteiger partial charge in [0.15, 0.2) is 11.5 Å². The maximum absolute atomic E-state index is 12.8. The summed E-state index contributed by atoms with van der Waals surface area (Å²) in [6.07, 6.45) is 4.31. The molecule has 3 heterocycles. The van der Waals surface area contributed by atoms with Gasteiger partial charge >= 0.3 is 0 Å². The number of carbonyl (C=O) groups is 1. The van der Waals surface area contributed by atoms with Crippen LogP contribution in [-0.2, 0) is 6.42 Å². The molecule has 1 aromatic carbocycles. The SMILES string of the molecule is CCc1noc(-c2cn(C3CCCN(C(=O)c4cccc(Cl)c4)C3)nn2)n1. The molecule has 2 aromatic heterocycles. The molecule has 0 bridgehead atoms. The molecule has 140 valence electrons. The lowest BCUT2D eigenvalue weighted by Gasteiger charge is -2.32. The van der Waals surface area contributed by atoms with Gasteiger partial charge in [0.1, 0.15) is 0 Å². The minimum atomic E-state index is -0.0213. The van der Waals surface area contributed by atoms with E-state index in [2.05, 4.69) is 20.5 Å². The van der Waals surface area contributed by atoms with Crippen molar-refractivity contribution in [1.29, 1.82) is 0 Å². The topological polar surface area (TPSA) is 89.9 Å². The molecule has 1 fully saturated rings. The number of hydrogen-bond donors (Lipinski definition) is 0. The van der Waals surface area contributed by atoms with E-state index in [1.54, 1.807) is 35.1 Å². The molecule has 1 aliphatic rings. The van der Waals surface area contributed by atoms with Crippen molar-refractivity contribution in [3.05, 3.63) is 46.9 Å². The molecule has 0 aliphatic carbocycles. The van der Waals surface area contributed by atoms with Crippen LogP contribution in [0.1, 0.15) is 42.0 Å². The molecule has 1 amide bonds. The van der Waals surface area contributed by atoms with Crippen molar-refractivity contribution in [2.24, 2.45) is 0 Å². The van der Waals surface area contributed by atoms with E-state index in [1.807, 2.05) is 11.8 Å². The molecule has 1 saturated heterocycles. The molecule has 0 radical (unpaired) electrons. The van der Waals surface area contributed by atoms with E-state index in [9.17, 15) is 4.79 Å². The summed E-state index contributed by atoms with van der Waals surface area (Å²) in [5.41, 5.74) is 1.14. The number of benzene rings is 1. The van der Waals surface area contributed by atoms with Crippen LogP contribution in [0.4, 0.5) is 0 Å². The Kier molecular flexibility index (Phi) is 4.89. The minimum absolute atomic E-state index is 0.0213. The number of rotatable bonds is 4. The van der Waals surface area contributed by atoms with Crippen LogP contribution in [-0.4, -0.2) is 49.0 Å². The lowest BCUT2D eigenvalue weighted by molar-refractivity contribution is 0.0672. The first-order chi connectivity index (χ1) is 13.1. The second-order valence-corrected chi connectivity index (χ2v) is 6.95. The normalized spacial score (nSPS) is 17.3. The highest BCUT2D eigenvalue weighted by molar-refractivity contribution is 6.30. The van der Waals surface area contributed by atoms with Crippen molar-refractivity contribution in [1.82, 2.24) is 30.0 Å². The van der Waals surface area contributed by atoms with Crippen LogP contribution < -0.4 is 0 Å². The van der Waals surface area contributed by atoms with Crippen molar-refractivity contribution < 1.29 is 9.32 Å². The standard InChI is InChI=1S/C18H19ClN6O2/c1-2-16-20-17(27-22-16)15-11-25(23-21-15)14-7-4-8-24(10-14)18(26)12-5-3-6-13(19)9-12/h3,5-6,9,11,14H,2,4,7-8,10H2,1H3. The van der Waals surface area contributed by atoms with Crippen LogP contribution in [0.25, 0.3) is 11.6 Å². The van der Waals surface area contributed by atoms with Gasteiger partial charge in [-0.15, -0.1) is 5.10 Å². The summed E-state index contributed by atoms with van der Waals surface area (Å²) in [6.45, 7) is 3.24. The molecule has 9 heteroatoms. The van der Waals surface area contributed by atoms with Crippen LogP contribution in [0.3, 0.4) is 0 Å². The van der Waals surface area contributed by atoms with Crippen LogP contribution in [0.15, 0.2) is 35.0 Å². The number of aromatic nitrogens is 5. The highest BCUT2D eigenvalue weighted by Gasteiger charge is 2.27. The zero-order valence-electron chi connectivity index (χ0n) is 14.9. The zero-order valence-corrected chi connectivity index (χ0v) is 15.6. The Balaban J connectivity index is 1.49. The van der Waals surface area contributed by atoms with Crippen LogP contribution >= 0.6 is 11.6 Å². The molecular formula is C18H19ClN6O2. The number of nitrogens with zero attached hydrogens (tertiary/aromatic N) is 6. The summed E-state index contributed by atoms with van der Waals surface area (Å²) in [5.74, 6) is 0.975. The first kappa shape index (κ1) is 17.7. The summed E-state index contributed by atoms with van der Waals surface area (Å²) in [5, 5.41) is 12.8. The van der Waals surface area contributed by atoms with Crippen molar-refractivity contribution in [3.63, 3.8) is 0 Å². The Labute approximate surface area is 161 Å². The maximum Gasteiger partial charge on any atom is 0.280 e. The van der Waals surface area contributed by atoms with Gasteiger partial charge in [-0.05, 0) is 31.0 Å². The molecule has 8 nitrogen and oxygen atoms in total. The van der Waals surface area contributed by atoms with E-state index in [4.69, 9.17) is 16.1 Å². The fraction of sp³-hybridized carbons (Fsp3) is 0.389. The maximum atomic E-state index is 12.8. The second kappa shape index (κ2) is 7.48. The second-order valence-electron chi connectivity index (χ2n) is 6.51. The van der Waals surface area contributed by atoms with Crippen molar-refractivity contribution in [2.45, 2.75) is 32.2 Å². The van der Waals surface area contributed by atoms with Gasteiger partial charge in [0.05, 0.1) is 12.2 Å². The Hall–Kier alpha value is -2.74. The largest absolute Gasteiger partial charge is 0.337 e. The number of aryl methyl sites for hydroxylation is 1. The first-order valence-corrected chi connectivity index (χ1v) is 9.31. The highest BCUT2D eigenvalue weighted by atomic mass is 35.5. The van der Waals surface area contributed by atoms with Gasteiger partial charge in [-0.3, -0.25) is 4.79 Å². The highest BCUT2D eigenvalue weighted by Crippen LogP contribution is 2.24. The Morgan fingerprint density at radius 1 is 1.41 bits per heavy atom. The molecule has 0 saturated carbocycles. The van der Waals surface area contributed by atoms with Crippen LogP contribution in [0.5, 0.6) is 0 Å². The smallest absolute Gasteiger partial charge is 0.280 e. The van der Waals surface area contributed by atoms with E-state index in [1.165, 1.54) is 0 Å². The Morgan fingerprint density at radius 2 is 2.30 bits per heavy atom. The van der Waals surface area contributed by atoms with Gasteiger partial charge in [-0.25, -0.2) is 4.68 Å². The number of hydrogen-bond acceptors (Lipinski definition) is 6. The lowest BCUT2D eigenvalue weighted by atomic mass is 10.0. The number of piperidine rings is 1. The van der Waals surface area contributed by atoms with Crippen molar-refractivity contribution in [2.75, 3.05) is 13.1 Å². The molecular weight excluding hydrogens is 368 g/mol. The van der Waals surface area contributed by atoms with Gasteiger partial charge in [-0.2, -0.15) is 4.98 Å². The zero-order chi connectivity index (χ0) is 18.8. The molecule has 0 spiro atoms. The molecule has 3 aromatic rings. The van der Waals surface area contributed by atoms with Gasteiger partial charge in [0.2, 0.25) is 0 Å². The van der Waals surface area contributed by atoms with Crippen LogP contribution in [0.2, 0.25) is 5.02 Å². The summed E-state index contributed by atoms with van der Waals surface area (Å²) < 4.78 is 7.00. The Morgan fingerprint density at radius 3 is 3.07 bits per heavy atom. The lowest BCUT2D eigenvalue weighted by Crippen LogP contribution is -2.40. The van der Waals surface area contributed by atoms with E-state index in [-0.39, 0.29) is 11.9 Å². The molecule has 0 N–H and O–H groups in total. The molecule has 1 unspecified atom stereocenters. The number of halogens is 1. The van der Waals surface area contributed by atoms with E-state index < -0.39 is 0 Å². The average molecular weight is 387 g/mol. The quantitative estimate of drug-likeness (QED) is 0.684. The third-order valence-corrected chi connectivity index (χ3v) is 4.88. The predicted octanol–water partition coefficient (Wildman–Crippen LogP) is 3.02. The van der Waals surface area contributed by atoms with E-state index >= 15 is 0 Å². The summed E-state index contributed by atoms with van der Waals surface area (Å²) in [4.78, 5) is 18.9. The third kappa shape index (κ3) is 3.71.